The van der Waals surface area contributed by atoms with Crippen molar-refractivity contribution in [3.63, 3.8) is 0 Å². The summed E-state index contributed by atoms with van der Waals surface area (Å²) in [5.74, 6) is -0.887. The monoisotopic (exact) mass is 256 g/mol. The summed E-state index contributed by atoms with van der Waals surface area (Å²) in [5.41, 5.74) is 0.164. The maximum absolute atomic E-state index is 11.9. The number of amides is 2. The van der Waals surface area contributed by atoms with Gasteiger partial charge in [0.25, 0.3) is 0 Å². The molecule has 104 valence electrons. The van der Waals surface area contributed by atoms with Crippen LogP contribution < -0.4 is 5.32 Å². The Morgan fingerprint density at radius 3 is 2.50 bits per heavy atom. The van der Waals surface area contributed by atoms with Crippen molar-refractivity contribution in [2.45, 2.75) is 46.6 Å². The number of nitrogens with zero attached hydrogens (tertiary/aromatic N) is 1. The lowest BCUT2D eigenvalue weighted by molar-refractivity contribution is -0.142. The number of carboxylic acids is 1. The van der Waals surface area contributed by atoms with Gasteiger partial charge in [0.1, 0.15) is 6.04 Å². The molecule has 1 rings (SSSR count). The number of hydrogen-bond donors (Lipinski definition) is 2. The number of likely N-dealkylation sites (tertiary alicyclic amines) is 1. The third kappa shape index (κ3) is 3.89. The molecule has 0 aromatic carbocycles. The standard InChI is InChI=1S/C13H24N2O3/c1-9-5-8-15(10(9)11(16)17)12(18)14-7-6-13(2,3)4/h9-10H,5-8H2,1-4H3,(H,14,18)(H,16,17). The quantitative estimate of drug-likeness (QED) is 0.810. The van der Waals surface area contributed by atoms with Crippen molar-refractivity contribution in [3.8, 4) is 0 Å². The Morgan fingerprint density at radius 2 is 2.00 bits per heavy atom. The highest BCUT2D eigenvalue weighted by atomic mass is 16.4. The summed E-state index contributed by atoms with van der Waals surface area (Å²) < 4.78 is 0. The van der Waals surface area contributed by atoms with Crippen molar-refractivity contribution in [2.24, 2.45) is 11.3 Å². The van der Waals surface area contributed by atoms with Crippen LogP contribution in [0.5, 0.6) is 0 Å². The molecular weight excluding hydrogens is 232 g/mol. The van der Waals surface area contributed by atoms with E-state index < -0.39 is 12.0 Å². The lowest BCUT2D eigenvalue weighted by Gasteiger charge is -2.25. The molecule has 0 aromatic heterocycles. The number of aliphatic carboxylic acids is 1. The molecule has 1 aliphatic heterocycles. The van der Waals surface area contributed by atoms with E-state index in [1.807, 2.05) is 6.92 Å². The number of rotatable bonds is 3. The molecule has 0 spiro atoms. The van der Waals surface area contributed by atoms with Crippen molar-refractivity contribution >= 4 is 12.0 Å². The molecule has 18 heavy (non-hydrogen) atoms. The molecule has 1 aliphatic rings. The lowest BCUT2D eigenvalue weighted by atomic mass is 9.92. The summed E-state index contributed by atoms with van der Waals surface area (Å²) in [6.07, 6.45) is 1.63. The normalized spacial score (nSPS) is 24.1. The largest absolute Gasteiger partial charge is 0.480 e. The second-order valence-electron chi connectivity index (χ2n) is 6.29. The fourth-order valence-electron chi connectivity index (χ4n) is 2.20. The maximum Gasteiger partial charge on any atom is 0.326 e. The molecule has 0 saturated carbocycles. The third-order valence-electron chi connectivity index (χ3n) is 3.37. The van der Waals surface area contributed by atoms with Crippen molar-refractivity contribution in [2.75, 3.05) is 13.1 Å². The molecule has 1 heterocycles. The third-order valence-corrected chi connectivity index (χ3v) is 3.37. The van der Waals surface area contributed by atoms with E-state index in [2.05, 4.69) is 26.1 Å². The number of nitrogens with one attached hydrogen (secondary N) is 1. The van der Waals surface area contributed by atoms with Gasteiger partial charge in [-0.15, -0.1) is 0 Å². The van der Waals surface area contributed by atoms with Gasteiger partial charge in [0.15, 0.2) is 0 Å². The predicted molar refractivity (Wildman–Crippen MR) is 69.4 cm³/mol. The van der Waals surface area contributed by atoms with Gasteiger partial charge in [0.05, 0.1) is 0 Å². The Bertz CT molecular complexity index is 323. The van der Waals surface area contributed by atoms with Gasteiger partial charge in [-0.3, -0.25) is 0 Å². The first-order valence-corrected chi connectivity index (χ1v) is 6.49. The van der Waals surface area contributed by atoms with E-state index in [-0.39, 0.29) is 17.4 Å². The van der Waals surface area contributed by atoms with Crippen LogP contribution >= 0.6 is 0 Å². The molecule has 1 saturated heterocycles. The average molecular weight is 256 g/mol. The molecule has 2 N–H and O–H groups in total. The fraction of sp³-hybridized carbons (Fsp3) is 0.846. The predicted octanol–water partition coefficient (Wildman–Crippen LogP) is 1.93. The van der Waals surface area contributed by atoms with E-state index in [0.29, 0.717) is 13.1 Å². The zero-order valence-electron chi connectivity index (χ0n) is 11.7. The van der Waals surface area contributed by atoms with Gasteiger partial charge < -0.3 is 15.3 Å². The molecule has 2 unspecified atom stereocenters. The van der Waals surface area contributed by atoms with E-state index in [1.165, 1.54) is 4.90 Å². The van der Waals surface area contributed by atoms with Crippen LogP contribution in [0.4, 0.5) is 4.79 Å². The van der Waals surface area contributed by atoms with E-state index in [1.54, 1.807) is 0 Å². The van der Waals surface area contributed by atoms with Crippen LogP contribution in [0.25, 0.3) is 0 Å². The summed E-state index contributed by atoms with van der Waals surface area (Å²) in [4.78, 5) is 24.5. The highest BCUT2D eigenvalue weighted by Gasteiger charge is 2.39. The fourth-order valence-corrected chi connectivity index (χ4v) is 2.20. The first-order chi connectivity index (χ1) is 8.22. The van der Waals surface area contributed by atoms with Crippen molar-refractivity contribution in [3.05, 3.63) is 0 Å². The number of carboxylic acid groups (broad SMARTS) is 1. The van der Waals surface area contributed by atoms with Crippen LogP contribution in [0.1, 0.15) is 40.5 Å². The van der Waals surface area contributed by atoms with Crippen LogP contribution in [0.3, 0.4) is 0 Å². The molecule has 2 amide bonds. The molecule has 5 nitrogen and oxygen atoms in total. The van der Waals surface area contributed by atoms with Crippen LogP contribution in [0.15, 0.2) is 0 Å². The molecule has 2 atom stereocenters. The molecular formula is C13H24N2O3. The zero-order chi connectivity index (χ0) is 13.9. The van der Waals surface area contributed by atoms with E-state index in [4.69, 9.17) is 5.11 Å². The molecule has 0 radical (unpaired) electrons. The number of carbonyl (C=O) groups excluding carboxylic acids is 1. The minimum Gasteiger partial charge on any atom is -0.480 e. The summed E-state index contributed by atoms with van der Waals surface area (Å²) >= 11 is 0. The number of hydrogen-bond acceptors (Lipinski definition) is 2. The molecule has 5 heteroatoms. The molecule has 0 aromatic rings. The highest BCUT2D eigenvalue weighted by Crippen LogP contribution is 2.24. The number of urea groups is 1. The minimum atomic E-state index is -0.911. The second kappa shape index (κ2) is 5.59. The lowest BCUT2D eigenvalue weighted by Crippen LogP contribution is -2.48. The van der Waals surface area contributed by atoms with Gasteiger partial charge in [-0.1, -0.05) is 27.7 Å². The first kappa shape index (κ1) is 14.8. The Kier molecular flexibility index (Phi) is 4.59. The Labute approximate surface area is 109 Å². The van der Waals surface area contributed by atoms with E-state index >= 15 is 0 Å². The van der Waals surface area contributed by atoms with E-state index in [0.717, 1.165) is 12.8 Å². The number of carbonyl (C=O) groups is 2. The smallest absolute Gasteiger partial charge is 0.326 e. The molecule has 0 bridgehead atoms. The minimum absolute atomic E-state index is 0.0240. The van der Waals surface area contributed by atoms with Crippen LogP contribution in [-0.4, -0.2) is 41.1 Å². The van der Waals surface area contributed by atoms with Crippen LogP contribution in [-0.2, 0) is 4.79 Å². The maximum atomic E-state index is 11.9. The summed E-state index contributed by atoms with van der Waals surface area (Å²) in [6.45, 7) is 9.31. The molecule has 1 fully saturated rings. The van der Waals surface area contributed by atoms with Crippen molar-refractivity contribution in [1.29, 1.82) is 0 Å². The van der Waals surface area contributed by atoms with Gasteiger partial charge in [-0.25, -0.2) is 9.59 Å². The van der Waals surface area contributed by atoms with Crippen LogP contribution in [0, 0.1) is 11.3 Å². The SMILES string of the molecule is CC1CCN(C(=O)NCCC(C)(C)C)C1C(=O)O. The summed E-state index contributed by atoms with van der Waals surface area (Å²) in [7, 11) is 0. The van der Waals surface area contributed by atoms with Crippen LogP contribution in [0.2, 0.25) is 0 Å². The molecule has 0 aliphatic carbocycles. The van der Waals surface area contributed by atoms with Gasteiger partial charge in [0.2, 0.25) is 0 Å². The Balaban J connectivity index is 2.49. The zero-order valence-corrected chi connectivity index (χ0v) is 11.7. The van der Waals surface area contributed by atoms with Crippen molar-refractivity contribution < 1.29 is 14.7 Å². The van der Waals surface area contributed by atoms with E-state index in [9.17, 15) is 9.59 Å². The van der Waals surface area contributed by atoms with Gasteiger partial charge >= 0.3 is 12.0 Å². The van der Waals surface area contributed by atoms with Gasteiger partial charge in [-0.05, 0) is 24.2 Å². The van der Waals surface area contributed by atoms with Gasteiger partial charge in [0, 0.05) is 13.1 Å². The summed E-state index contributed by atoms with van der Waals surface area (Å²) in [5, 5.41) is 11.9. The first-order valence-electron chi connectivity index (χ1n) is 6.49. The topological polar surface area (TPSA) is 69.6 Å². The Hall–Kier alpha value is -1.26. The van der Waals surface area contributed by atoms with Crippen molar-refractivity contribution in [1.82, 2.24) is 10.2 Å². The average Bonchev–Trinajstić information content (AvgIpc) is 2.58. The Morgan fingerprint density at radius 1 is 1.39 bits per heavy atom. The summed E-state index contributed by atoms with van der Waals surface area (Å²) in [6, 6.07) is -0.935. The second-order valence-corrected chi connectivity index (χ2v) is 6.29. The highest BCUT2D eigenvalue weighted by molar-refractivity contribution is 5.83. The van der Waals surface area contributed by atoms with Gasteiger partial charge in [-0.2, -0.15) is 0 Å².